The Morgan fingerprint density at radius 1 is 1.29 bits per heavy atom. The van der Waals surface area contributed by atoms with Crippen molar-refractivity contribution in [2.45, 2.75) is 38.4 Å². The maximum Gasteiger partial charge on any atom is 0.314 e. The third-order valence-electron chi connectivity index (χ3n) is 3.83. The number of amides is 2. The second kappa shape index (κ2) is 7.43. The number of urea groups is 1. The van der Waals surface area contributed by atoms with Crippen LogP contribution in [-0.2, 0) is 17.8 Å². The molecule has 5 heteroatoms. The van der Waals surface area contributed by atoms with Crippen LogP contribution in [0.15, 0.2) is 24.3 Å². The van der Waals surface area contributed by atoms with Crippen LogP contribution in [0, 0.1) is 0 Å². The number of nitrogens with one attached hydrogen (secondary N) is 2. The van der Waals surface area contributed by atoms with E-state index in [4.69, 9.17) is 9.84 Å². The maximum absolute atomic E-state index is 11.7. The molecule has 1 fully saturated rings. The van der Waals surface area contributed by atoms with Crippen molar-refractivity contribution in [1.29, 1.82) is 0 Å². The van der Waals surface area contributed by atoms with E-state index in [1.165, 1.54) is 0 Å². The Balaban J connectivity index is 1.64. The predicted octanol–water partition coefficient (Wildman–Crippen LogP) is 1.59. The van der Waals surface area contributed by atoms with E-state index in [1.807, 2.05) is 31.2 Å². The van der Waals surface area contributed by atoms with E-state index in [1.54, 1.807) is 0 Å². The summed E-state index contributed by atoms with van der Waals surface area (Å²) in [7, 11) is 0. The topological polar surface area (TPSA) is 70.6 Å². The zero-order chi connectivity index (χ0) is 15.1. The van der Waals surface area contributed by atoms with Gasteiger partial charge in [0.25, 0.3) is 0 Å². The van der Waals surface area contributed by atoms with Crippen LogP contribution in [0.3, 0.4) is 0 Å². The van der Waals surface area contributed by atoms with Crippen molar-refractivity contribution in [1.82, 2.24) is 10.6 Å². The minimum Gasteiger partial charge on any atom is -0.392 e. The number of carbonyl (C=O) groups excluding carboxylic acids is 1. The molecule has 1 aromatic rings. The minimum atomic E-state index is -0.211. The minimum absolute atomic E-state index is 0.0573. The lowest BCUT2D eigenvalue weighted by molar-refractivity contribution is 0.0229. The van der Waals surface area contributed by atoms with E-state index >= 15 is 0 Å². The number of hydrogen-bond donors (Lipinski definition) is 3. The van der Waals surface area contributed by atoms with Crippen LogP contribution in [0.2, 0.25) is 0 Å². The Labute approximate surface area is 125 Å². The fraction of sp³-hybridized carbons (Fsp3) is 0.562. The smallest absolute Gasteiger partial charge is 0.314 e. The number of ether oxygens (including phenoxy) is 1. The van der Waals surface area contributed by atoms with Gasteiger partial charge in [-0.1, -0.05) is 24.3 Å². The summed E-state index contributed by atoms with van der Waals surface area (Å²) in [6.07, 6.45) is 2.82. The lowest BCUT2D eigenvalue weighted by atomic mass is 10.0. The van der Waals surface area contributed by atoms with E-state index < -0.39 is 0 Å². The molecule has 1 aliphatic rings. The second-order valence-corrected chi connectivity index (χ2v) is 5.74. The van der Waals surface area contributed by atoms with Gasteiger partial charge < -0.3 is 20.5 Å². The van der Waals surface area contributed by atoms with Gasteiger partial charge in [-0.3, -0.25) is 0 Å². The molecule has 116 valence electrons. The van der Waals surface area contributed by atoms with Gasteiger partial charge in [0.05, 0.1) is 12.2 Å². The van der Waals surface area contributed by atoms with E-state index in [0.29, 0.717) is 13.1 Å². The van der Waals surface area contributed by atoms with Crippen LogP contribution in [0.25, 0.3) is 0 Å². The molecule has 0 aromatic heterocycles. The summed E-state index contributed by atoms with van der Waals surface area (Å²) in [5, 5.41) is 14.7. The van der Waals surface area contributed by atoms with Gasteiger partial charge in [0, 0.05) is 19.7 Å². The quantitative estimate of drug-likeness (QED) is 0.745. The van der Waals surface area contributed by atoms with Crippen LogP contribution in [0.4, 0.5) is 4.79 Å². The average molecular weight is 292 g/mol. The molecule has 1 aliphatic heterocycles. The number of benzene rings is 1. The highest BCUT2D eigenvalue weighted by Crippen LogP contribution is 2.23. The molecule has 1 saturated heterocycles. The highest BCUT2D eigenvalue weighted by atomic mass is 16.5. The Hall–Kier alpha value is -1.59. The summed E-state index contributed by atoms with van der Waals surface area (Å²) in [4.78, 5) is 11.7. The molecule has 21 heavy (non-hydrogen) atoms. The van der Waals surface area contributed by atoms with Crippen LogP contribution in [0.5, 0.6) is 0 Å². The van der Waals surface area contributed by atoms with E-state index in [2.05, 4.69) is 10.6 Å². The largest absolute Gasteiger partial charge is 0.392 e. The van der Waals surface area contributed by atoms with Gasteiger partial charge >= 0.3 is 6.03 Å². The number of rotatable bonds is 6. The summed E-state index contributed by atoms with van der Waals surface area (Å²) in [5.41, 5.74) is 1.82. The van der Waals surface area contributed by atoms with Crippen LogP contribution in [-0.4, -0.2) is 36.4 Å². The summed E-state index contributed by atoms with van der Waals surface area (Å²) in [6.45, 7) is 4.00. The molecule has 0 saturated carbocycles. The first-order valence-corrected chi connectivity index (χ1v) is 7.46. The summed E-state index contributed by atoms with van der Waals surface area (Å²) in [6, 6.07) is 7.58. The standard InChI is InChI=1S/C16H24N2O3/c1-16(8-2-10-21-16)12-18-15(20)17-9-7-13-3-5-14(11-19)6-4-13/h3-6,19H,2,7-12H2,1H3,(H2,17,18,20). The Bertz CT molecular complexity index is 453. The van der Waals surface area contributed by atoms with Crippen molar-refractivity contribution in [3.05, 3.63) is 35.4 Å². The zero-order valence-corrected chi connectivity index (χ0v) is 12.5. The molecule has 3 N–H and O–H groups in total. The van der Waals surface area contributed by atoms with Gasteiger partial charge in [0.1, 0.15) is 0 Å². The van der Waals surface area contributed by atoms with E-state index in [-0.39, 0.29) is 18.2 Å². The first kappa shape index (κ1) is 15.8. The summed E-state index contributed by atoms with van der Waals surface area (Å²) < 4.78 is 5.62. The molecule has 1 unspecified atom stereocenters. The molecular weight excluding hydrogens is 268 g/mol. The molecule has 1 aromatic carbocycles. The second-order valence-electron chi connectivity index (χ2n) is 5.74. The van der Waals surface area contributed by atoms with Crippen molar-refractivity contribution in [2.75, 3.05) is 19.7 Å². The third kappa shape index (κ3) is 5.02. The molecule has 5 nitrogen and oxygen atoms in total. The monoisotopic (exact) mass is 292 g/mol. The van der Waals surface area contributed by atoms with Crippen molar-refractivity contribution < 1.29 is 14.6 Å². The lowest BCUT2D eigenvalue weighted by Crippen LogP contribution is -2.44. The number of aliphatic hydroxyl groups excluding tert-OH is 1. The number of aliphatic hydroxyl groups is 1. The summed E-state index contributed by atoms with van der Waals surface area (Å²) in [5.74, 6) is 0. The van der Waals surface area contributed by atoms with Crippen LogP contribution in [0.1, 0.15) is 30.9 Å². The fourth-order valence-electron chi connectivity index (χ4n) is 2.44. The first-order valence-electron chi connectivity index (χ1n) is 7.46. The number of carbonyl (C=O) groups is 1. The molecule has 0 bridgehead atoms. The molecule has 0 spiro atoms. The highest BCUT2D eigenvalue weighted by Gasteiger charge is 2.29. The van der Waals surface area contributed by atoms with Crippen molar-refractivity contribution in [3.8, 4) is 0 Å². The fourth-order valence-corrected chi connectivity index (χ4v) is 2.44. The molecule has 0 radical (unpaired) electrons. The van der Waals surface area contributed by atoms with Gasteiger partial charge in [-0.25, -0.2) is 4.79 Å². The van der Waals surface area contributed by atoms with Crippen LogP contribution < -0.4 is 10.6 Å². The van der Waals surface area contributed by atoms with Crippen molar-refractivity contribution >= 4 is 6.03 Å². The van der Waals surface area contributed by atoms with Crippen molar-refractivity contribution in [3.63, 3.8) is 0 Å². The number of hydrogen-bond acceptors (Lipinski definition) is 3. The molecule has 2 amide bonds. The highest BCUT2D eigenvalue weighted by molar-refractivity contribution is 5.73. The molecular formula is C16H24N2O3. The molecule has 1 heterocycles. The van der Waals surface area contributed by atoms with Gasteiger partial charge in [-0.2, -0.15) is 0 Å². The Morgan fingerprint density at radius 2 is 2.00 bits per heavy atom. The van der Waals surface area contributed by atoms with Gasteiger partial charge in [-0.15, -0.1) is 0 Å². The summed E-state index contributed by atoms with van der Waals surface area (Å²) >= 11 is 0. The average Bonchev–Trinajstić information content (AvgIpc) is 2.93. The SMILES string of the molecule is CC1(CNC(=O)NCCc2ccc(CO)cc2)CCCO1. The maximum atomic E-state index is 11.7. The van der Waals surface area contributed by atoms with E-state index in [9.17, 15) is 4.79 Å². The third-order valence-corrected chi connectivity index (χ3v) is 3.83. The van der Waals surface area contributed by atoms with E-state index in [0.717, 1.165) is 37.0 Å². The van der Waals surface area contributed by atoms with Gasteiger partial charge in [0.15, 0.2) is 0 Å². The Morgan fingerprint density at radius 3 is 2.62 bits per heavy atom. The lowest BCUT2D eigenvalue weighted by Gasteiger charge is -2.23. The molecule has 1 atom stereocenters. The normalized spacial score (nSPS) is 21.2. The zero-order valence-electron chi connectivity index (χ0n) is 12.5. The first-order chi connectivity index (χ1) is 10.1. The molecule has 2 rings (SSSR count). The predicted molar refractivity (Wildman–Crippen MR) is 81.1 cm³/mol. The van der Waals surface area contributed by atoms with Crippen molar-refractivity contribution in [2.24, 2.45) is 0 Å². The van der Waals surface area contributed by atoms with Crippen LogP contribution >= 0.6 is 0 Å². The van der Waals surface area contributed by atoms with Gasteiger partial charge in [0.2, 0.25) is 0 Å². The van der Waals surface area contributed by atoms with Gasteiger partial charge in [-0.05, 0) is 37.3 Å². The Kier molecular flexibility index (Phi) is 5.59. The molecule has 0 aliphatic carbocycles.